The normalized spacial score (nSPS) is 13.6. The molecule has 0 heterocycles. The van der Waals surface area contributed by atoms with Crippen LogP contribution in [-0.4, -0.2) is 151 Å². The third kappa shape index (κ3) is 77.0. The number of ketones is 2. The Morgan fingerprint density at radius 2 is 0.526 bits per heavy atom. The molecule has 0 bridgehead atoms. The van der Waals surface area contributed by atoms with Crippen LogP contribution in [0.3, 0.4) is 0 Å². The number of Topliss-reactive ketones (excluding diaryl/α,β-unsaturated/α-hetero) is 2. The second-order valence-corrected chi connectivity index (χ2v) is 36.5. The van der Waals surface area contributed by atoms with Crippen LogP contribution < -0.4 is 21.3 Å². The minimum atomic E-state index is -3.73. The van der Waals surface area contributed by atoms with E-state index >= 15 is 0 Å². The van der Waals surface area contributed by atoms with Crippen LogP contribution in [0.25, 0.3) is 0 Å². The van der Waals surface area contributed by atoms with Crippen molar-refractivity contribution in [3.63, 3.8) is 0 Å². The fourth-order valence-corrected chi connectivity index (χ4v) is 15.6. The largest absolute Gasteiger partial charge is 0.462 e. The number of hydrogen-bond donors (Lipinski definition) is 4. The SMILES string of the molecule is CCCCCCCCCCCC(=O)CC(=O)NC(COCCC(CCCCCCC)OC(=O)CCCCCCCCCCC)COP(C)(=O)OCCNC(=O)CCCCC(=O)NCCOP(C)(=O)OCC(COCCC(CCCCCCC)OC(=O)CCCCCCCCCCC)NC(=O)CC(=O)CCCCCCCCCCC. The van der Waals surface area contributed by atoms with Crippen LogP contribution in [0.1, 0.15) is 427 Å². The molecule has 0 saturated carbocycles. The van der Waals surface area contributed by atoms with E-state index in [0.717, 1.165) is 167 Å². The molecule has 0 aromatic rings. The van der Waals surface area contributed by atoms with E-state index in [1.807, 2.05) is 0 Å². The van der Waals surface area contributed by atoms with Gasteiger partial charge in [0, 0.05) is 77.8 Å². The van der Waals surface area contributed by atoms with Gasteiger partial charge in [-0.05, 0) is 64.2 Å². The Bertz CT molecular complexity index is 2280. The highest BCUT2D eigenvalue weighted by molar-refractivity contribution is 7.53. The minimum Gasteiger partial charge on any atom is -0.462 e. The molecule has 24 heteroatoms. The molecule has 0 saturated heterocycles. The van der Waals surface area contributed by atoms with Crippen LogP contribution in [0.15, 0.2) is 0 Å². The van der Waals surface area contributed by atoms with Gasteiger partial charge in [0.2, 0.25) is 23.6 Å². The zero-order valence-electron chi connectivity index (χ0n) is 74.0. The maximum absolute atomic E-state index is 13.6. The first-order valence-corrected chi connectivity index (χ1v) is 50.6. The van der Waals surface area contributed by atoms with Crippen molar-refractivity contribution < 1.29 is 84.5 Å². The molecule has 0 aliphatic carbocycles. The fourth-order valence-electron chi connectivity index (χ4n) is 13.7. The molecule has 0 aliphatic rings. The topological polar surface area (TPSA) is 293 Å². The summed E-state index contributed by atoms with van der Waals surface area (Å²) < 4.78 is 74.2. The molecule has 4 N–H and O–H groups in total. The van der Waals surface area contributed by atoms with E-state index in [1.54, 1.807) is 0 Å². The monoisotopic (exact) mass is 1660 g/mol. The summed E-state index contributed by atoms with van der Waals surface area (Å²) in [6, 6.07) is -1.56. The van der Waals surface area contributed by atoms with E-state index in [-0.39, 0.29) is 139 Å². The standard InChI is InChI=1S/C90H172N4O18P2/c1-9-15-21-27-31-35-39-45-49-57-81(95)73-87(99)93-79(75-105-69-65-83(59-51-43-25-19-13-5)111-89(101)63-53-47-41-37-33-29-23-17-11-3)77-109-113(7,103)107-71-67-91-85(97)61-55-56-62-86(98)92-68-72-108-114(8,104)110-78-80(94-88(100)74-82(96)58-50-46-40-36-32-28-22-16-10-2)76-106-70-66-84(60-52-44-26-20-14-6)112-90(102)64-54-48-42-38-34-30-24-18-12-4/h79-80,83-84H,9-78H2,1-8H3,(H,91,97)(H,92,98)(H,93,99)(H,94,100). The molecule has 0 spiro atoms. The number of hydrogen-bond acceptors (Lipinski definition) is 18. The van der Waals surface area contributed by atoms with Gasteiger partial charge in [-0.3, -0.25) is 47.5 Å². The van der Waals surface area contributed by atoms with Gasteiger partial charge >= 0.3 is 27.1 Å². The summed E-state index contributed by atoms with van der Waals surface area (Å²) in [7, 11) is -7.45. The molecule has 0 aromatic carbocycles. The van der Waals surface area contributed by atoms with Gasteiger partial charge in [-0.15, -0.1) is 0 Å². The number of ether oxygens (including phenoxy) is 4. The predicted octanol–water partition coefficient (Wildman–Crippen LogP) is 22.4. The molecule has 0 rings (SSSR count). The Morgan fingerprint density at radius 1 is 0.272 bits per heavy atom. The molecule has 6 atom stereocenters. The molecule has 4 amide bonds. The summed E-state index contributed by atoms with van der Waals surface area (Å²) in [6.07, 6.45) is 55.2. The Labute approximate surface area is 695 Å². The first-order chi connectivity index (χ1) is 55.2. The van der Waals surface area contributed by atoms with E-state index in [0.29, 0.717) is 51.4 Å². The van der Waals surface area contributed by atoms with Crippen molar-refractivity contribution in [3.05, 3.63) is 0 Å². The van der Waals surface area contributed by atoms with Gasteiger partial charge in [0.05, 0.1) is 77.8 Å². The fraction of sp³-hybridized carbons (Fsp3) is 0.911. The van der Waals surface area contributed by atoms with E-state index < -0.39 is 39.1 Å². The van der Waals surface area contributed by atoms with Gasteiger partial charge in [-0.25, -0.2) is 0 Å². The van der Waals surface area contributed by atoms with E-state index in [2.05, 4.69) is 62.8 Å². The van der Waals surface area contributed by atoms with Crippen LogP contribution in [0.2, 0.25) is 0 Å². The van der Waals surface area contributed by atoms with Crippen LogP contribution in [-0.2, 0) is 84.5 Å². The summed E-state index contributed by atoms with van der Waals surface area (Å²) in [5.41, 5.74) is 0. The van der Waals surface area contributed by atoms with Gasteiger partial charge in [0.15, 0.2) is 0 Å². The molecule has 0 aromatic heterocycles. The lowest BCUT2D eigenvalue weighted by Crippen LogP contribution is -2.42. The van der Waals surface area contributed by atoms with Crippen molar-refractivity contribution >= 4 is 62.3 Å². The summed E-state index contributed by atoms with van der Waals surface area (Å²) in [6.45, 7) is 15.6. The summed E-state index contributed by atoms with van der Waals surface area (Å²) >= 11 is 0. The molecule has 0 aliphatic heterocycles. The Kier molecular flexibility index (Phi) is 77.9. The van der Waals surface area contributed by atoms with Gasteiger partial charge in [0.1, 0.15) is 23.8 Å². The van der Waals surface area contributed by atoms with Gasteiger partial charge in [-0.2, -0.15) is 0 Å². The van der Waals surface area contributed by atoms with E-state index in [9.17, 15) is 47.5 Å². The average molecular weight is 1660 g/mol. The average Bonchev–Trinajstić information content (AvgIpc) is 0.912. The lowest BCUT2D eigenvalue weighted by molar-refractivity contribution is -0.151. The summed E-state index contributed by atoms with van der Waals surface area (Å²) in [5, 5.41) is 11.2. The molecule has 22 nitrogen and oxygen atoms in total. The molecule has 670 valence electrons. The highest BCUT2D eigenvalue weighted by Crippen LogP contribution is 2.44. The minimum absolute atomic E-state index is 0.0181. The molecular formula is C90H172N4O18P2. The Balaban J connectivity index is 5.45. The van der Waals surface area contributed by atoms with Gasteiger partial charge in [0.25, 0.3) is 0 Å². The number of carbonyl (C=O) groups excluding carboxylic acids is 8. The highest BCUT2D eigenvalue weighted by atomic mass is 31.2. The lowest BCUT2D eigenvalue weighted by atomic mass is 10.0. The molecule has 0 fully saturated rings. The number of esters is 2. The second-order valence-electron chi connectivity index (χ2n) is 32.3. The van der Waals surface area contributed by atoms with Crippen LogP contribution >= 0.6 is 15.2 Å². The third-order valence-corrected chi connectivity index (χ3v) is 23.3. The zero-order chi connectivity index (χ0) is 83.9. The van der Waals surface area contributed by atoms with Crippen molar-refractivity contribution in [2.24, 2.45) is 0 Å². The maximum Gasteiger partial charge on any atom is 0.327 e. The predicted molar refractivity (Wildman–Crippen MR) is 463 cm³/mol. The summed E-state index contributed by atoms with van der Waals surface area (Å²) in [4.78, 5) is 104. The number of unbranched alkanes of at least 4 members (excludes halogenated alkanes) is 41. The smallest absolute Gasteiger partial charge is 0.327 e. The Morgan fingerprint density at radius 3 is 0.816 bits per heavy atom. The number of amides is 4. The van der Waals surface area contributed by atoms with Crippen molar-refractivity contribution in [2.45, 2.75) is 451 Å². The molecule has 0 radical (unpaired) electrons. The van der Waals surface area contributed by atoms with Crippen LogP contribution in [0.5, 0.6) is 0 Å². The van der Waals surface area contributed by atoms with E-state index in [1.165, 1.54) is 155 Å². The number of carbonyl (C=O) groups is 8. The lowest BCUT2D eigenvalue weighted by Gasteiger charge is -2.22. The van der Waals surface area contributed by atoms with Gasteiger partial charge < -0.3 is 58.3 Å². The molecular weight excluding hydrogens is 1490 g/mol. The van der Waals surface area contributed by atoms with Crippen molar-refractivity contribution in [1.29, 1.82) is 0 Å². The first kappa shape index (κ1) is 110. The van der Waals surface area contributed by atoms with Crippen molar-refractivity contribution in [1.82, 2.24) is 21.3 Å². The Hall–Kier alpha value is -3.62. The number of rotatable bonds is 89. The highest BCUT2D eigenvalue weighted by Gasteiger charge is 2.26. The molecule has 6 unspecified atom stereocenters. The van der Waals surface area contributed by atoms with Crippen molar-refractivity contribution in [3.8, 4) is 0 Å². The zero-order valence-corrected chi connectivity index (χ0v) is 75.8. The molecule has 114 heavy (non-hydrogen) atoms. The third-order valence-electron chi connectivity index (χ3n) is 20.8. The number of nitrogens with one attached hydrogen (secondary N) is 4. The van der Waals surface area contributed by atoms with Crippen molar-refractivity contribution in [2.75, 3.05) is 79.3 Å². The van der Waals surface area contributed by atoms with E-state index in [4.69, 9.17) is 37.0 Å². The van der Waals surface area contributed by atoms with Gasteiger partial charge in [-0.1, -0.05) is 298 Å². The quantitative estimate of drug-likeness (QED) is 0.0190. The van der Waals surface area contributed by atoms with Crippen LogP contribution in [0.4, 0.5) is 0 Å². The maximum atomic E-state index is 13.6. The second kappa shape index (κ2) is 80.4. The first-order valence-electron chi connectivity index (χ1n) is 46.6. The van der Waals surface area contributed by atoms with Crippen LogP contribution in [0, 0.1) is 0 Å². The summed E-state index contributed by atoms with van der Waals surface area (Å²) in [5.74, 6) is -2.26.